The Kier molecular flexibility index (Phi) is 9.17. The fourth-order valence-corrected chi connectivity index (χ4v) is 8.60. The van der Waals surface area contributed by atoms with Gasteiger partial charge in [0.1, 0.15) is 27.6 Å². The predicted molar refractivity (Wildman–Crippen MR) is 173 cm³/mol. The van der Waals surface area contributed by atoms with Gasteiger partial charge in [0.05, 0.1) is 16.9 Å². The number of carbonyl (C=O) groups is 1. The largest absolute Gasteiger partial charge is 0.363 e. The summed E-state index contributed by atoms with van der Waals surface area (Å²) in [6.07, 6.45) is 3.60. The normalized spacial score (nSPS) is 26.0. The lowest BCUT2D eigenvalue weighted by Crippen LogP contribution is -2.41. The molecule has 1 amide bonds. The highest BCUT2D eigenvalue weighted by Crippen LogP contribution is 2.42. The minimum Gasteiger partial charge on any atom is -0.363 e. The second-order valence-electron chi connectivity index (χ2n) is 13.1. The number of benzene rings is 1. The fourth-order valence-electron chi connectivity index (χ4n) is 7.11. The van der Waals surface area contributed by atoms with Crippen molar-refractivity contribution in [2.45, 2.75) is 69.9 Å². The zero-order valence-electron chi connectivity index (χ0n) is 26.4. The van der Waals surface area contributed by atoms with E-state index in [-0.39, 0.29) is 34.5 Å². The maximum absolute atomic E-state index is 15.9. The van der Waals surface area contributed by atoms with Crippen LogP contribution in [0, 0.1) is 5.92 Å². The number of pyridine rings is 1. The number of alkyl halides is 2. The van der Waals surface area contributed by atoms with E-state index in [1.165, 1.54) is 12.4 Å². The first kappa shape index (κ1) is 32.5. The summed E-state index contributed by atoms with van der Waals surface area (Å²) in [6.45, 7) is 4.17. The number of piperidine rings is 1. The zero-order valence-corrected chi connectivity index (χ0v) is 27.2. The molecule has 46 heavy (non-hydrogen) atoms. The monoisotopic (exact) mass is 656 g/mol. The molecule has 7 rings (SSSR count). The van der Waals surface area contributed by atoms with E-state index in [0.29, 0.717) is 99.2 Å². The minimum atomic E-state index is -3.14. The lowest BCUT2D eigenvalue weighted by Gasteiger charge is -2.36. The summed E-state index contributed by atoms with van der Waals surface area (Å²) < 4.78 is 57.7. The van der Waals surface area contributed by atoms with Crippen LogP contribution in [0.4, 0.5) is 14.6 Å². The number of aryl methyl sites for hydroxylation is 1. The van der Waals surface area contributed by atoms with Crippen LogP contribution in [-0.2, 0) is 27.1 Å². The molecular formula is C33H42F2N6O4S. The first-order valence-corrected chi connectivity index (χ1v) is 18.0. The summed E-state index contributed by atoms with van der Waals surface area (Å²) in [6, 6.07) is 7.90. The molecule has 13 heteroatoms. The molecule has 0 saturated carbocycles. The summed E-state index contributed by atoms with van der Waals surface area (Å²) in [5, 5.41) is 3.98. The highest BCUT2D eigenvalue weighted by atomic mass is 32.2. The van der Waals surface area contributed by atoms with Crippen LogP contribution in [0.1, 0.15) is 74.1 Å². The number of rotatable bonds is 1. The third-order valence-electron chi connectivity index (χ3n) is 10.1. The molecule has 2 aromatic heterocycles. The Labute approximate surface area is 268 Å². The van der Waals surface area contributed by atoms with E-state index in [4.69, 9.17) is 0 Å². The van der Waals surface area contributed by atoms with E-state index in [0.717, 1.165) is 0 Å². The smallest absolute Gasteiger partial charge is 0.276 e. The van der Waals surface area contributed by atoms with E-state index in [9.17, 15) is 18.0 Å². The van der Waals surface area contributed by atoms with Crippen molar-refractivity contribution < 1.29 is 22.0 Å². The Hall–Kier alpha value is -3.45. The molecular weight excluding hydrogens is 614 g/mol. The van der Waals surface area contributed by atoms with Gasteiger partial charge in [-0.2, -0.15) is 0 Å². The molecule has 2 saturated heterocycles. The van der Waals surface area contributed by atoms with Crippen LogP contribution in [0.15, 0.2) is 41.5 Å². The first-order valence-electron chi connectivity index (χ1n) is 16.2. The molecule has 1 aromatic carbocycles. The molecule has 3 aromatic rings. The van der Waals surface area contributed by atoms with Gasteiger partial charge in [-0.05, 0) is 75.7 Å². The van der Waals surface area contributed by atoms with Crippen molar-refractivity contribution in [3.63, 3.8) is 0 Å². The SMILES string of the molecule is C[C@H]1Nc2ncnc3c2cc(C2CCS(=O)(=O)CC2)c(=O)n3CCCN(C)C(=O)CCN2CCC(CC2)C(F)(F)c2cccc1c2. The second-order valence-corrected chi connectivity index (χ2v) is 15.4. The summed E-state index contributed by atoms with van der Waals surface area (Å²) in [5.41, 5.74) is 1.38. The van der Waals surface area contributed by atoms with Gasteiger partial charge in [-0.25, -0.2) is 27.2 Å². The van der Waals surface area contributed by atoms with Crippen LogP contribution in [-0.4, -0.2) is 83.4 Å². The number of anilines is 1. The van der Waals surface area contributed by atoms with Crippen molar-refractivity contribution in [1.29, 1.82) is 0 Å². The molecule has 0 radical (unpaired) electrons. The van der Waals surface area contributed by atoms with Crippen molar-refractivity contribution in [2.75, 3.05) is 50.0 Å². The van der Waals surface area contributed by atoms with Crippen LogP contribution in [0.3, 0.4) is 0 Å². The predicted octanol–water partition coefficient (Wildman–Crippen LogP) is 4.31. The third kappa shape index (κ3) is 6.67. The summed E-state index contributed by atoms with van der Waals surface area (Å²) in [7, 11) is -1.40. The Bertz CT molecular complexity index is 1760. The van der Waals surface area contributed by atoms with Crippen LogP contribution in [0.5, 0.6) is 0 Å². The first-order chi connectivity index (χ1) is 21.9. The number of nitrogens with one attached hydrogen (secondary N) is 1. The van der Waals surface area contributed by atoms with Gasteiger partial charge in [0.15, 0.2) is 0 Å². The van der Waals surface area contributed by atoms with E-state index < -0.39 is 27.7 Å². The van der Waals surface area contributed by atoms with Crippen molar-refractivity contribution in [3.05, 3.63) is 63.7 Å². The van der Waals surface area contributed by atoms with Crippen LogP contribution >= 0.6 is 0 Å². The fraction of sp³-hybridized carbons (Fsp3) is 0.576. The molecule has 10 nitrogen and oxygen atoms in total. The standard InChI is InChI=1S/C33H42F2N6O4S/c1-22-24-5-3-6-26(19-24)33(34,35)25-7-14-40(15-8-25)16-9-29(42)39(2)12-4-13-41-31-28(30(38-22)36-21-37-31)20-27(32(41)43)23-10-17-46(44,45)18-11-23/h3,5-6,19-23,25H,4,7-18H2,1-2H3,(H,36,37,38)/t22-/m1/s1. The van der Waals surface area contributed by atoms with Gasteiger partial charge in [-0.15, -0.1) is 0 Å². The van der Waals surface area contributed by atoms with Gasteiger partial charge < -0.3 is 15.1 Å². The molecule has 2 fully saturated rings. The summed E-state index contributed by atoms with van der Waals surface area (Å²) >= 11 is 0. The molecule has 0 unspecified atom stereocenters. The van der Waals surface area contributed by atoms with Crippen LogP contribution in [0.2, 0.25) is 0 Å². The Balaban J connectivity index is 1.41. The molecule has 8 bridgehead atoms. The third-order valence-corrected chi connectivity index (χ3v) is 11.8. The summed E-state index contributed by atoms with van der Waals surface area (Å²) in [5.74, 6) is -3.56. The van der Waals surface area contributed by atoms with E-state index in [2.05, 4.69) is 20.2 Å². The highest BCUT2D eigenvalue weighted by molar-refractivity contribution is 7.91. The number of halogens is 2. The molecule has 0 spiro atoms. The average molecular weight is 657 g/mol. The highest BCUT2D eigenvalue weighted by Gasteiger charge is 2.43. The van der Waals surface area contributed by atoms with Gasteiger partial charge >= 0.3 is 0 Å². The number of carbonyl (C=O) groups excluding carboxylic acids is 1. The van der Waals surface area contributed by atoms with E-state index >= 15 is 8.78 Å². The van der Waals surface area contributed by atoms with Gasteiger partial charge in [0, 0.05) is 56.2 Å². The van der Waals surface area contributed by atoms with Crippen LogP contribution in [0.25, 0.3) is 11.0 Å². The lowest BCUT2D eigenvalue weighted by atomic mass is 9.85. The number of sulfone groups is 1. The van der Waals surface area contributed by atoms with Crippen LogP contribution < -0.4 is 10.9 Å². The molecule has 4 aliphatic heterocycles. The topological polar surface area (TPSA) is 118 Å². The van der Waals surface area contributed by atoms with Crippen molar-refractivity contribution in [2.24, 2.45) is 5.92 Å². The summed E-state index contributed by atoms with van der Waals surface area (Å²) in [4.78, 5) is 39.7. The van der Waals surface area contributed by atoms with Gasteiger partial charge in [0.2, 0.25) is 5.91 Å². The molecule has 1 atom stereocenters. The van der Waals surface area contributed by atoms with Crippen molar-refractivity contribution in [3.8, 4) is 0 Å². The van der Waals surface area contributed by atoms with Crippen molar-refractivity contribution >= 4 is 32.6 Å². The zero-order chi connectivity index (χ0) is 32.6. The molecule has 0 aliphatic carbocycles. The molecule has 248 valence electrons. The number of aromatic nitrogens is 3. The van der Waals surface area contributed by atoms with E-state index in [1.807, 2.05) is 13.0 Å². The molecule has 1 N–H and O–H groups in total. The van der Waals surface area contributed by atoms with Gasteiger partial charge in [-0.1, -0.05) is 18.2 Å². The Morgan fingerprint density at radius 1 is 0.957 bits per heavy atom. The van der Waals surface area contributed by atoms with E-state index in [1.54, 1.807) is 34.7 Å². The molecule has 6 heterocycles. The van der Waals surface area contributed by atoms with Crippen molar-refractivity contribution in [1.82, 2.24) is 24.3 Å². The maximum atomic E-state index is 15.9. The maximum Gasteiger partial charge on any atom is 0.276 e. The number of fused-ring (bicyclic) bond motifs is 9. The number of amides is 1. The Morgan fingerprint density at radius 3 is 2.43 bits per heavy atom. The minimum absolute atomic E-state index is 0.0179. The second kappa shape index (κ2) is 13.0. The lowest BCUT2D eigenvalue weighted by molar-refractivity contribution is -0.130. The number of hydrogen-bond acceptors (Lipinski definition) is 8. The van der Waals surface area contributed by atoms with Gasteiger partial charge in [-0.3, -0.25) is 14.2 Å². The number of hydrogen-bond donors (Lipinski definition) is 1. The average Bonchev–Trinajstić information content (AvgIpc) is 3.04. The Morgan fingerprint density at radius 2 is 1.70 bits per heavy atom. The number of nitrogens with zero attached hydrogens (tertiary/aromatic N) is 5. The molecule has 4 aliphatic rings. The quantitative estimate of drug-likeness (QED) is 0.412. The van der Waals surface area contributed by atoms with Gasteiger partial charge in [0.25, 0.3) is 11.5 Å².